The fourth-order valence-electron chi connectivity index (χ4n) is 2.93. The van der Waals surface area contributed by atoms with Gasteiger partial charge in [0, 0.05) is 10.9 Å². The molecule has 2 heterocycles. The Balaban J connectivity index is 1.73. The first-order valence-corrected chi connectivity index (χ1v) is 10.6. The van der Waals surface area contributed by atoms with Crippen molar-refractivity contribution in [2.75, 3.05) is 14.2 Å². The van der Waals surface area contributed by atoms with Crippen LogP contribution in [0.4, 0.5) is 0 Å². The highest BCUT2D eigenvalue weighted by Crippen LogP contribution is 2.40. The number of ketones is 1. The third kappa shape index (κ3) is 4.11. The molecule has 2 aromatic carbocycles. The van der Waals surface area contributed by atoms with E-state index in [0.717, 1.165) is 26.6 Å². The van der Waals surface area contributed by atoms with Gasteiger partial charge in [0.1, 0.15) is 27.7 Å². The van der Waals surface area contributed by atoms with Crippen LogP contribution < -0.4 is 9.47 Å². The molecule has 29 heavy (non-hydrogen) atoms. The van der Waals surface area contributed by atoms with E-state index >= 15 is 0 Å². The molecular formula is C22H18N2O3S2. The van der Waals surface area contributed by atoms with Gasteiger partial charge in [-0.1, -0.05) is 23.9 Å². The van der Waals surface area contributed by atoms with Crippen LogP contribution in [-0.2, 0) is 0 Å². The first kappa shape index (κ1) is 19.4. The van der Waals surface area contributed by atoms with Gasteiger partial charge in [0.05, 0.1) is 19.5 Å². The molecule has 0 spiro atoms. The van der Waals surface area contributed by atoms with Crippen molar-refractivity contribution < 1.29 is 14.3 Å². The standard InChI is InChI=1S/C22H18N2O3S2/c1-26-16-7-3-14(4-8-16)19(25)20(15-5-9-17(27-2)10-6-15)29-22-18-11-12-28-21(18)23-13-24-22/h3-13,20H,1-2H3. The van der Waals surface area contributed by atoms with Crippen molar-refractivity contribution in [2.24, 2.45) is 0 Å². The van der Waals surface area contributed by atoms with E-state index in [1.165, 1.54) is 11.8 Å². The fraction of sp³-hybridized carbons (Fsp3) is 0.136. The third-order valence-corrected chi connectivity index (χ3v) is 6.58. The number of carbonyl (C=O) groups is 1. The monoisotopic (exact) mass is 422 g/mol. The smallest absolute Gasteiger partial charge is 0.180 e. The van der Waals surface area contributed by atoms with Crippen molar-refractivity contribution in [2.45, 2.75) is 10.3 Å². The van der Waals surface area contributed by atoms with Crippen LogP contribution in [0.25, 0.3) is 10.2 Å². The van der Waals surface area contributed by atoms with Gasteiger partial charge in [-0.15, -0.1) is 11.3 Å². The van der Waals surface area contributed by atoms with Crippen LogP contribution in [-0.4, -0.2) is 30.0 Å². The van der Waals surface area contributed by atoms with E-state index in [-0.39, 0.29) is 5.78 Å². The molecule has 7 heteroatoms. The van der Waals surface area contributed by atoms with Crippen LogP contribution in [0.5, 0.6) is 11.5 Å². The number of Topliss-reactive ketones (excluding diaryl/α,β-unsaturated/α-hetero) is 1. The summed E-state index contributed by atoms with van der Waals surface area (Å²) in [6, 6.07) is 16.7. The van der Waals surface area contributed by atoms with Crippen LogP contribution in [0.1, 0.15) is 21.2 Å². The zero-order chi connectivity index (χ0) is 20.2. The number of methoxy groups -OCH3 is 2. The first-order valence-electron chi connectivity index (χ1n) is 8.86. The molecule has 0 N–H and O–H groups in total. The molecule has 0 bridgehead atoms. The molecule has 0 amide bonds. The Labute approximate surface area is 176 Å². The lowest BCUT2D eigenvalue weighted by molar-refractivity contribution is 0.0989. The number of hydrogen-bond acceptors (Lipinski definition) is 7. The van der Waals surface area contributed by atoms with Crippen molar-refractivity contribution in [1.29, 1.82) is 0 Å². The lowest BCUT2D eigenvalue weighted by Gasteiger charge is -2.17. The molecule has 0 fully saturated rings. The maximum Gasteiger partial charge on any atom is 0.180 e. The Morgan fingerprint density at radius 2 is 1.59 bits per heavy atom. The number of carbonyl (C=O) groups excluding carboxylic acids is 1. The van der Waals surface area contributed by atoms with E-state index in [9.17, 15) is 4.79 Å². The second-order valence-corrected chi connectivity index (χ2v) is 8.17. The van der Waals surface area contributed by atoms with Gasteiger partial charge < -0.3 is 9.47 Å². The zero-order valence-corrected chi connectivity index (χ0v) is 17.5. The molecule has 0 aliphatic rings. The Hall–Kier alpha value is -2.90. The summed E-state index contributed by atoms with van der Waals surface area (Å²) in [6.45, 7) is 0. The van der Waals surface area contributed by atoms with Gasteiger partial charge in [0.25, 0.3) is 0 Å². The van der Waals surface area contributed by atoms with Gasteiger partial charge in [0.15, 0.2) is 5.78 Å². The van der Waals surface area contributed by atoms with Gasteiger partial charge in [-0.25, -0.2) is 9.97 Å². The van der Waals surface area contributed by atoms with Gasteiger partial charge in [-0.05, 0) is 53.4 Å². The maximum atomic E-state index is 13.4. The SMILES string of the molecule is COc1ccc(C(=O)C(Sc2ncnc3sccc23)c2ccc(OC)cc2)cc1. The predicted molar refractivity (Wildman–Crippen MR) is 116 cm³/mol. The highest BCUT2D eigenvalue weighted by atomic mass is 32.2. The second kappa shape index (κ2) is 8.63. The van der Waals surface area contributed by atoms with Crippen LogP contribution in [0.15, 0.2) is 71.3 Å². The molecule has 4 aromatic rings. The molecule has 5 nitrogen and oxygen atoms in total. The minimum absolute atomic E-state index is 0.00446. The van der Waals surface area contributed by atoms with Gasteiger partial charge in [-0.3, -0.25) is 4.79 Å². The van der Waals surface area contributed by atoms with E-state index in [0.29, 0.717) is 11.3 Å². The third-order valence-electron chi connectivity index (χ3n) is 4.49. The molecular weight excluding hydrogens is 404 g/mol. The lowest BCUT2D eigenvalue weighted by Crippen LogP contribution is -2.10. The van der Waals surface area contributed by atoms with Gasteiger partial charge in [-0.2, -0.15) is 0 Å². The number of fused-ring (bicyclic) bond motifs is 1. The van der Waals surface area contributed by atoms with Crippen molar-refractivity contribution in [1.82, 2.24) is 9.97 Å². The molecule has 146 valence electrons. The van der Waals surface area contributed by atoms with Crippen molar-refractivity contribution in [3.05, 3.63) is 77.4 Å². The average Bonchev–Trinajstić information content (AvgIpc) is 3.27. The largest absolute Gasteiger partial charge is 0.497 e. The van der Waals surface area contributed by atoms with E-state index in [1.54, 1.807) is 56.1 Å². The summed E-state index contributed by atoms with van der Waals surface area (Å²) >= 11 is 2.99. The van der Waals surface area contributed by atoms with Crippen molar-refractivity contribution in [3.63, 3.8) is 0 Å². The second-order valence-electron chi connectivity index (χ2n) is 6.18. The minimum Gasteiger partial charge on any atom is -0.497 e. The van der Waals surface area contributed by atoms with Gasteiger partial charge >= 0.3 is 0 Å². The minimum atomic E-state index is -0.452. The topological polar surface area (TPSA) is 61.3 Å². The van der Waals surface area contributed by atoms with E-state index in [4.69, 9.17) is 9.47 Å². The van der Waals surface area contributed by atoms with E-state index in [1.807, 2.05) is 35.7 Å². The summed E-state index contributed by atoms with van der Waals surface area (Å²) < 4.78 is 10.5. The average molecular weight is 423 g/mol. The van der Waals surface area contributed by atoms with Crippen molar-refractivity contribution in [3.8, 4) is 11.5 Å². The van der Waals surface area contributed by atoms with Crippen LogP contribution in [0, 0.1) is 0 Å². The van der Waals surface area contributed by atoms with Crippen LogP contribution >= 0.6 is 23.1 Å². The van der Waals surface area contributed by atoms with Crippen LogP contribution in [0.2, 0.25) is 0 Å². The summed E-state index contributed by atoms with van der Waals surface area (Å²) in [4.78, 5) is 23.1. The molecule has 0 saturated heterocycles. The molecule has 4 rings (SSSR count). The van der Waals surface area contributed by atoms with Crippen LogP contribution in [0.3, 0.4) is 0 Å². The molecule has 0 radical (unpaired) electrons. The quantitative estimate of drug-likeness (QED) is 0.225. The molecule has 1 atom stereocenters. The molecule has 0 saturated carbocycles. The number of rotatable bonds is 7. The summed E-state index contributed by atoms with van der Waals surface area (Å²) in [5.74, 6) is 1.47. The number of hydrogen-bond donors (Lipinski definition) is 0. The highest BCUT2D eigenvalue weighted by molar-refractivity contribution is 8.00. The molecule has 1 unspecified atom stereocenters. The van der Waals surface area contributed by atoms with E-state index in [2.05, 4.69) is 9.97 Å². The van der Waals surface area contributed by atoms with E-state index < -0.39 is 5.25 Å². The zero-order valence-electron chi connectivity index (χ0n) is 15.9. The number of nitrogens with zero attached hydrogens (tertiary/aromatic N) is 2. The number of aromatic nitrogens is 2. The Morgan fingerprint density at radius 3 is 2.24 bits per heavy atom. The summed E-state index contributed by atoms with van der Waals surface area (Å²) in [5, 5.41) is 3.28. The molecule has 2 aromatic heterocycles. The number of thioether (sulfide) groups is 1. The summed E-state index contributed by atoms with van der Waals surface area (Å²) in [6.07, 6.45) is 1.55. The highest BCUT2D eigenvalue weighted by Gasteiger charge is 2.25. The maximum absolute atomic E-state index is 13.4. The normalized spacial score (nSPS) is 11.9. The predicted octanol–water partition coefficient (Wildman–Crippen LogP) is 5.42. The lowest BCUT2D eigenvalue weighted by atomic mass is 10.0. The van der Waals surface area contributed by atoms with Crippen molar-refractivity contribution >= 4 is 39.1 Å². The molecule has 0 aliphatic heterocycles. The molecule has 0 aliphatic carbocycles. The van der Waals surface area contributed by atoms with Gasteiger partial charge in [0.2, 0.25) is 0 Å². The number of benzene rings is 2. The summed E-state index contributed by atoms with van der Waals surface area (Å²) in [7, 11) is 3.23. The Kier molecular flexibility index (Phi) is 5.78. The summed E-state index contributed by atoms with van der Waals surface area (Å²) in [5.41, 5.74) is 1.51. The first-order chi connectivity index (χ1) is 14.2. The number of ether oxygens (including phenoxy) is 2. The number of thiophene rings is 1. The Bertz CT molecular complexity index is 1120. The fourth-order valence-corrected chi connectivity index (χ4v) is 4.89. The Morgan fingerprint density at radius 1 is 0.931 bits per heavy atom.